The van der Waals surface area contributed by atoms with Gasteiger partial charge in [0.25, 0.3) is 11.7 Å². The average Bonchev–Trinajstić information content (AvgIpc) is 3.43. The number of likely N-dealkylation sites (tertiary alicyclic amines) is 1. The third-order valence-corrected chi connectivity index (χ3v) is 5.63. The quantitative estimate of drug-likeness (QED) is 0.372. The van der Waals surface area contributed by atoms with Gasteiger partial charge in [-0.3, -0.25) is 19.3 Å². The second kappa shape index (κ2) is 8.17. The number of amides is 1. The van der Waals surface area contributed by atoms with E-state index < -0.39 is 17.7 Å². The van der Waals surface area contributed by atoms with Crippen molar-refractivity contribution in [3.63, 3.8) is 0 Å². The summed E-state index contributed by atoms with van der Waals surface area (Å²) in [5.74, 6) is -1.56. The first-order valence-electron chi connectivity index (χ1n) is 10.1. The number of pyridine rings is 1. The first kappa shape index (κ1) is 20.5. The molecule has 0 aliphatic carbocycles. The van der Waals surface area contributed by atoms with Crippen molar-refractivity contribution in [1.29, 1.82) is 0 Å². The van der Waals surface area contributed by atoms with Crippen molar-refractivity contribution in [2.24, 2.45) is 7.05 Å². The van der Waals surface area contributed by atoms with Crippen LogP contribution in [0.4, 0.5) is 0 Å². The summed E-state index contributed by atoms with van der Waals surface area (Å²) in [6.45, 7) is 4.57. The van der Waals surface area contributed by atoms with E-state index in [0.29, 0.717) is 42.2 Å². The zero-order valence-electron chi connectivity index (χ0n) is 17.7. The van der Waals surface area contributed by atoms with E-state index in [1.165, 1.54) is 4.90 Å². The number of carbonyl (C=O) groups is 2. The fourth-order valence-electron chi connectivity index (χ4n) is 4.05. The third-order valence-electron chi connectivity index (χ3n) is 5.63. The van der Waals surface area contributed by atoms with Gasteiger partial charge < -0.3 is 14.6 Å². The van der Waals surface area contributed by atoms with E-state index in [-0.39, 0.29) is 11.3 Å². The van der Waals surface area contributed by atoms with Gasteiger partial charge in [0.15, 0.2) is 0 Å². The van der Waals surface area contributed by atoms with Crippen LogP contribution in [0.2, 0.25) is 0 Å². The number of ketones is 1. The molecule has 0 aromatic carbocycles. The van der Waals surface area contributed by atoms with Crippen LogP contribution in [-0.2, 0) is 23.2 Å². The molecule has 3 aromatic heterocycles. The number of hydrogen-bond donors (Lipinski definition) is 1. The Morgan fingerprint density at radius 1 is 1.16 bits per heavy atom. The van der Waals surface area contributed by atoms with Crippen molar-refractivity contribution >= 4 is 17.4 Å². The van der Waals surface area contributed by atoms with Gasteiger partial charge in [-0.2, -0.15) is 5.10 Å². The third kappa shape index (κ3) is 3.63. The van der Waals surface area contributed by atoms with Gasteiger partial charge in [-0.05, 0) is 32.4 Å². The molecule has 1 N–H and O–H groups in total. The summed E-state index contributed by atoms with van der Waals surface area (Å²) in [4.78, 5) is 35.9. The highest BCUT2D eigenvalue weighted by atomic mass is 16.3. The number of rotatable bonds is 6. The second-order valence-electron chi connectivity index (χ2n) is 7.57. The van der Waals surface area contributed by atoms with E-state index in [0.717, 1.165) is 0 Å². The van der Waals surface area contributed by atoms with Crippen molar-refractivity contribution in [3.8, 4) is 0 Å². The summed E-state index contributed by atoms with van der Waals surface area (Å²) < 4.78 is 3.55. The zero-order valence-corrected chi connectivity index (χ0v) is 17.7. The Labute approximate surface area is 179 Å². The predicted octanol–water partition coefficient (Wildman–Crippen LogP) is 2.14. The van der Waals surface area contributed by atoms with Crippen LogP contribution in [0.1, 0.15) is 35.1 Å². The van der Waals surface area contributed by atoms with Gasteiger partial charge in [0.1, 0.15) is 11.8 Å². The van der Waals surface area contributed by atoms with E-state index in [1.807, 2.05) is 17.7 Å². The van der Waals surface area contributed by atoms with Gasteiger partial charge in [0.05, 0.1) is 28.9 Å². The molecule has 160 valence electrons. The lowest BCUT2D eigenvalue weighted by Gasteiger charge is -2.24. The molecule has 1 aliphatic heterocycles. The molecule has 3 aromatic rings. The molecule has 1 saturated heterocycles. The van der Waals surface area contributed by atoms with Gasteiger partial charge >= 0.3 is 0 Å². The molecule has 4 heterocycles. The summed E-state index contributed by atoms with van der Waals surface area (Å²) in [6.07, 6.45) is 7.48. The molecule has 9 heteroatoms. The molecular formula is C22H24N6O3. The molecule has 0 radical (unpaired) electrons. The number of aliphatic hydroxyl groups excluding tert-OH is 1. The number of hydrogen-bond acceptors (Lipinski definition) is 6. The summed E-state index contributed by atoms with van der Waals surface area (Å²) in [7, 11) is 1.77. The van der Waals surface area contributed by atoms with E-state index in [2.05, 4.69) is 15.1 Å². The summed E-state index contributed by atoms with van der Waals surface area (Å²) in [6, 6.07) is 4.57. The van der Waals surface area contributed by atoms with Gasteiger partial charge in [-0.25, -0.2) is 4.98 Å². The maximum absolute atomic E-state index is 13.1. The molecule has 0 saturated carbocycles. The smallest absolute Gasteiger partial charge is 0.295 e. The Morgan fingerprint density at radius 3 is 2.58 bits per heavy atom. The van der Waals surface area contributed by atoms with Crippen LogP contribution < -0.4 is 0 Å². The fourth-order valence-corrected chi connectivity index (χ4v) is 4.05. The van der Waals surface area contributed by atoms with E-state index >= 15 is 0 Å². The number of aliphatic hydroxyl groups is 1. The molecule has 1 aliphatic rings. The SMILES string of the molecule is Cc1nn(C)c(C)c1C(O)=C1C(=O)C(=O)N(CCCn2ccnc2)[C@@H]1c1ccccn1. The molecule has 31 heavy (non-hydrogen) atoms. The average molecular weight is 420 g/mol. The van der Waals surface area contributed by atoms with Crippen LogP contribution in [0.5, 0.6) is 0 Å². The van der Waals surface area contributed by atoms with E-state index in [9.17, 15) is 14.7 Å². The fraction of sp³-hybridized carbons (Fsp3) is 0.318. The Hall–Kier alpha value is -3.75. The Bertz CT molecular complexity index is 1150. The van der Waals surface area contributed by atoms with E-state index in [1.54, 1.807) is 55.6 Å². The zero-order chi connectivity index (χ0) is 22.1. The first-order valence-corrected chi connectivity index (χ1v) is 10.1. The normalized spacial score (nSPS) is 18.2. The molecule has 1 atom stereocenters. The number of aryl methyl sites for hydroxylation is 3. The van der Waals surface area contributed by atoms with Gasteiger partial charge in [-0.1, -0.05) is 6.07 Å². The van der Waals surface area contributed by atoms with E-state index in [4.69, 9.17) is 0 Å². The highest BCUT2D eigenvalue weighted by Crippen LogP contribution is 2.39. The van der Waals surface area contributed by atoms with Crippen molar-refractivity contribution < 1.29 is 14.7 Å². The molecule has 0 unspecified atom stereocenters. The second-order valence-corrected chi connectivity index (χ2v) is 7.57. The predicted molar refractivity (Wildman–Crippen MR) is 113 cm³/mol. The number of aromatic nitrogens is 5. The number of Topliss-reactive ketones (excluding diaryl/α,β-unsaturated/α-hetero) is 1. The number of imidazole rings is 1. The summed E-state index contributed by atoms with van der Waals surface area (Å²) in [5.41, 5.74) is 2.35. The molecular weight excluding hydrogens is 396 g/mol. The van der Waals surface area contributed by atoms with Crippen molar-refractivity contribution in [1.82, 2.24) is 29.2 Å². The minimum absolute atomic E-state index is 0.0468. The van der Waals surface area contributed by atoms with Crippen molar-refractivity contribution in [3.05, 3.63) is 71.3 Å². The van der Waals surface area contributed by atoms with Gasteiger partial charge in [0, 0.05) is 44.4 Å². The van der Waals surface area contributed by atoms with Crippen LogP contribution in [-0.4, -0.2) is 52.6 Å². The monoisotopic (exact) mass is 420 g/mol. The lowest BCUT2D eigenvalue weighted by Crippen LogP contribution is -2.31. The lowest BCUT2D eigenvalue weighted by atomic mass is 9.97. The summed E-state index contributed by atoms with van der Waals surface area (Å²) >= 11 is 0. The molecule has 4 rings (SSSR count). The Balaban J connectivity index is 1.76. The molecule has 1 amide bonds. The first-order chi connectivity index (χ1) is 14.9. The van der Waals surface area contributed by atoms with Crippen LogP contribution in [0.15, 0.2) is 48.7 Å². The standard InChI is InChI=1S/C22H24N6O3/c1-14-17(15(2)26(3)25-14)20(29)18-19(16-7-4-5-8-24-16)28(22(31)21(18)30)11-6-10-27-12-9-23-13-27/h4-5,7-9,12-13,19,29H,6,10-11H2,1-3H3/t19-/m1/s1. The molecule has 0 bridgehead atoms. The molecule has 1 fully saturated rings. The van der Waals surface area contributed by atoms with Crippen LogP contribution in [0.3, 0.4) is 0 Å². The lowest BCUT2D eigenvalue weighted by molar-refractivity contribution is -0.140. The van der Waals surface area contributed by atoms with Gasteiger partial charge in [-0.15, -0.1) is 0 Å². The molecule has 9 nitrogen and oxygen atoms in total. The highest BCUT2D eigenvalue weighted by Gasteiger charge is 2.46. The van der Waals surface area contributed by atoms with Crippen molar-refractivity contribution in [2.45, 2.75) is 32.9 Å². The number of nitrogens with zero attached hydrogens (tertiary/aromatic N) is 6. The maximum Gasteiger partial charge on any atom is 0.295 e. The minimum atomic E-state index is -0.761. The van der Waals surface area contributed by atoms with Crippen molar-refractivity contribution in [2.75, 3.05) is 6.54 Å². The Kier molecular flexibility index (Phi) is 5.41. The Morgan fingerprint density at radius 2 is 1.97 bits per heavy atom. The minimum Gasteiger partial charge on any atom is -0.507 e. The van der Waals surface area contributed by atoms with Crippen LogP contribution in [0.25, 0.3) is 5.76 Å². The topological polar surface area (TPSA) is 106 Å². The van der Waals surface area contributed by atoms with Crippen LogP contribution in [0, 0.1) is 13.8 Å². The maximum atomic E-state index is 13.1. The largest absolute Gasteiger partial charge is 0.507 e. The summed E-state index contributed by atoms with van der Waals surface area (Å²) in [5, 5.41) is 15.5. The highest BCUT2D eigenvalue weighted by molar-refractivity contribution is 6.46. The molecule has 0 spiro atoms. The number of carbonyl (C=O) groups excluding carboxylic acids is 2. The van der Waals surface area contributed by atoms with Crippen LogP contribution >= 0.6 is 0 Å². The van der Waals surface area contributed by atoms with Gasteiger partial charge in [0.2, 0.25) is 0 Å².